The number of anilines is 1. The van der Waals surface area contributed by atoms with Crippen LogP contribution in [0.1, 0.15) is 23.6 Å². The lowest BCUT2D eigenvalue weighted by Gasteiger charge is -2.11. The van der Waals surface area contributed by atoms with Crippen molar-refractivity contribution in [3.63, 3.8) is 0 Å². The maximum Gasteiger partial charge on any atom is 0.248 e. The molecule has 1 amide bonds. The number of carbonyl (C=O) groups excluding carboxylic acids is 1. The molecule has 0 saturated heterocycles. The second kappa shape index (κ2) is 7.46. The van der Waals surface area contributed by atoms with Gasteiger partial charge in [-0.05, 0) is 36.6 Å². The van der Waals surface area contributed by atoms with Gasteiger partial charge >= 0.3 is 0 Å². The molecule has 3 heteroatoms. The minimum absolute atomic E-state index is 0.144. The first-order chi connectivity index (χ1) is 10.7. The van der Waals surface area contributed by atoms with E-state index < -0.39 is 0 Å². The first-order valence-corrected chi connectivity index (χ1v) is 7.36. The summed E-state index contributed by atoms with van der Waals surface area (Å²) in [4.78, 5) is 12.2. The van der Waals surface area contributed by atoms with Gasteiger partial charge in [-0.15, -0.1) is 0 Å². The van der Waals surface area contributed by atoms with Crippen LogP contribution in [0.4, 0.5) is 5.69 Å². The molecule has 0 aromatic heterocycles. The molecular weight excluding hydrogens is 274 g/mol. The van der Waals surface area contributed by atoms with Crippen molar-refractivity contribution in [1.82, 2.24) is 0 Å². The maximum absolute atomic E-state index is 12.2. The van der Waals surface area contributed by atoms with Gasteiger partial charge in [-0.25, -0.2) is 0 Å². The highest BCUT2D eigenvalue weighted by Gasteiger charge is 2.06. The number of amides is 1. The number of methoxy groups -OCH3 is 1. The zero-order chi connectivity index (χ0) is 15.9. The third-order valence-electron chi connectivity index (χ3n) is 3.54. The fourth-order valence-corrected chi connectivity index (χ4v) is 2.34. The van der Waals surface area contributed by atoms with E-state index in [0.717, 1.165) is 34.5 Å². The highest BCUT2D eigenvalue weighted by atomic mass is 16.5. The predicted molar refractivity (Wildman–Crippen MR) is 91.2 cm³/mol. The number of para-hydroxylation sites is 2. The molecule has 1 N–H and O–H groups in total. The van der Waals surface area contributed by atoms with Crippen LogP contribution < -0.4 is 10.1 Å². The Bertz CT molecular complexity index is 690. The van der Waals surface area contributed by atoms with Crippen LogP contribution in [0.3, 0.4) is 0 Å². The molecule has 0 aliphatic heterocycles. The third kappa shape index (κ3) is 3.76. The van der Waals surface area contributed by atoms with Gasteiger partial charge < -0.3 is 10.1 Å². The second-order valence-corrected chi connectivity index (χ2v) is 5.03. The van der Waals surface area contributed by atoms with E-state index in [0.29, 0.717) is 0 Å². The molecule has 2 aromatic carbocycles. The van der Waals surface area contributed by atoms with Crippen molar-refractivity contribution in [2.75, 3.05) is 12.4 Å². The van der Waals surface area contributed by atoms with Crippen molar-refractivity contribution < 1.29 is 9.53 Å². The Morgan fingerprint density at radius 1 is 1.18 bits per heavy atom. The van der Waals surface area contributed by atoms with Crippen LogP contribution in [-0.2, 0) is 11.2 Å². The normalized spacial score (nSPS) is 10.7. The number of hydrogen-bond donors (Lipinski definition) is 1. The van der Waals surface area contributed by atoms with E-state index in [1.165, 1.54) is 6.08 Å². The third-order valence-corrected chi connectivity index (χ3v) is 3.54. The van der Waals surface area contributed by atoms with E-state index >= 15 is 0 Å². The highest BCUT2D eigenvalue weighted by molar-refractivity contribution is 6.03. The zero-order valence-corrected chi connectivity index (χ0v) is 13.2. The first kappa shape index (κ1) is 15.8. The monoisotopic (exact) mass is 295 g/mol. The van der Waals surface area contributed by atoms with Gasteiger partial charge in [-0.3, -0.25) is 4.79 Å². The van der Waals surface area contributed by atoms with E-state index in [1.807, 2.05) is 49.4 Å². The Morgan fingerprint density at radius 3 is 2.68 bits per heavy atom. The number of benzene rings is 2. The summed E-state index contributed by atoms with van der Waals surface area (Å²) in [5.41, 5.74) is 3.98. The number of carbonyl (C=O) groups is 1. The van der Waals surface area contributed by atoms with Crippen LogP contribution in [0.25, 0.3) is 6.08 Å². The summed E-state index contributed by atoms with van der Waals surface area (Å²) < 4.78 is 5.27. The van der Waals surface area contributed by atoms with E-state index in [9.17, 15) is 4.79 Å². The molecule has 0 saturated carbocycles. The summed E-state index contributed by atoms with van der Waals surface area (Å²) in [5, 5.41) is 2.97. The lowest BCUT2D eigenvalue weighted by Crippen LogP contribution is -2.11. The zero-order valence-electron chi connectivity index (χ0n) is 13.2. The van der Waals surface area contributed by atoms with Gasteiger partial charge in [0.05, 0.1) is 7.11 Å². The summed E-state index contributed by atoms with van der Waals surface area (Å²) in [7, 11) is 1.62. The quantitative estimate of drug-likeness (QED) is 0.839. The number of nitrogens with one attached hydrogen (secondary N) is 1. The van der Waals surface area contributed by atoms with Gasteiger partial charge in [0.2, 0.25) is 5.91 Å². The fraction of sp³-hybridized carbons (Fsp3) is 0.211. The van der Waals surface area contributed by atoms with Crippen LogP contribution in [0.2, 0.25) is 0 Å². The molecule has 0 heterocycles. The van der Waals surface area contributed by atoms with E-state index in [4.69, 9.17) is 4.74 Å². The maximum atomic E-state index is 12.2. The van der Waals surface area contributed by atoms with Crippen LogP contribution in [0.15, 0.2) is 48.5 Å². The Labute approximate surface area is 131 Å². The van der Waals surface area contributed by atoms with Crippen molar-refractivity contribution in [3.05, 3.63) is 65.2 Å². The average molecular weight is 295 g/mol. The van der Waals surface area contributed by atoms with Gasteiger partial charge in [0.25, 0.3) is 0 Å². The summed E-state index contributed by atoms with van der Waals surface area (Å²) in [5.74, 6) is 0.603. The van der Waals surface area contributed by atoms with Crippen molar-refractivity contribution in [3.8, 4) is 5.75 Å². The molecule has 2 rings (SSSR count). The van der Waals surface area contributed by atoms with Crippen LogP contribution in [0.5, 0.6) is 5.75 Å². The number of rotatable bonds is 5. The fourth-order valence-electron chi connectivity index (χ4n) is 2.34. The molecule has 0 spiro atoms. The van der Waals surface area contributed by atoms with E-state index in [-0.39, 0.29) is 5.91 Å². The topological polar surface area (TPSA) is 38.3 Å². The first-order valence-electron chi connectivity index (χ1n) is 7.36. The number of ether oxygens (including phenoxy) is 1. The SMILES string of the molecule is CCc1cccc(C)c1NC(=O)C=Cc1ccccc1OC. The summed E-state index contributed by atoms with van der Waals surface area (Å²) in [6.07, 6.45) is 4.18. The number of hydrogen-bond acceptors (Lipinski definition) is 2. The van der Waals surface area contributed by atoms with E-state index in [2.05, 4.69) is 12.2 Å². The minimum atomic E-state index is -0.144. The standard InChI is InChI=1S/C19H21NO2/c1-4-15-10-7-8-14(2)19(15)20-18(21)13-12-16-9-5-6-11-17(16)22-3/h5-13H,4H2,1-3H3,(H,20,21). The molecule has 0 bridgehead atoms. The lowest BCUT2D eigenvalue weighted by molar-refractivity contribution is -0.111. The minimum Gasteiger partial charge on any atom is -0.496 e. The molecule has 3 nitrogen and oxygen atoms in total. The molecule has 0 fully saturated rings. The molecule has 0 aliphatic rings. The van der Waals surface area contributed by atoms with Crippen molar-refractivity contribution in [1.29, 1.82) is 0 Å². The van der Waals surface area contributed by atoms with Crippen LogP contribution in [-0.4, -0.2) is 13.0 Å². The lowest BCUT2D eigenvalue weighted by atomic mass is 10.1. The molecule has 0 atom stereocenters. The van der Waals surface area contributed by atoms with E-state index in [1.54, 1.807) is 13.2 Å². The van der Waals surface area contributed by atoms with Crippen molar-refractivity contribution >= 4 is 17.7 Å². The Hall–Kier alpha value is -2.55. The molecule has 22 heavy (non-hydrogen) atoms. The molecule has 0 radical (unpaired) electrons. The largest absolute Gasteiger partial charge is 0.496 e. The second-order valence-electron chi connectivity index (χ2n) is 5.03. The Kier molecular flexibility index (Phi) is 5.37. The van der Waals surface area contributed by atoms with Crippen molar-refractivity contribution in [2.24, 2.45) is 0 Å². The summed E-state index contributed by atoms with van der Waals surface area (Å²) >= 11 is 0. The average Bonchev–Trinajstić information content (AvgIpc) is 2.55. The van der Waals surface area contributed by atoms with Gasteiger partial charge in [-0.2, -0.15) is 0 Å². The van der Waals surface area contributed by atoms with Crippen LogP contribution in [0, 0.1) is 6.92 Å². The molecular formula is C19H21NO2. The molecule has 0 aliphatic carbocycles. The Morgan fingerprint density at radius 2 is 1.95 bits per heavy atom. The molecule has 114 valence electrons. The molecule has 2 aromatic rings. The number of aryl methyl sites for hydroxylation is 2. The van der Waals surface area contributed by atoms with Gasteiger partial charge in [0, 0.05) is 17.3 Å². The summed E-state index contributed by atoms with van der Waals surface area (Å²) in [6.45, 7) is 4.08. The summed E-state index contributed by atoms with van der Waals surface area (Å²) in [6, 6.07) is 13.6. The highest BCUT2D eigenvalue weighted by Crippen LogP contribution is 2.22. The van der Waals surface area contributed by atoms with Gasteiger partial charge in [0.1, 0.15) is 5.75 Å². The van der Waals surface area contributed by atoms with Gasteiger partial charge in [0.15, 0.2) is 0 Å². The smallest absolute Gasteiger partial charge is 0.248 e. The van der Waals surface area contributed by atoms with Gasteiger partial charge in [-0.1, -0.05) is 43.3 Å². The predicted octanol–water partition coefficient (Wildman–Crippen LogP) is 4.22. The molecule has 0 unspecified atom stereocenters. The van der Waals surface area contributed by atoms with Crippen molar-refractivity contribution in [2.45, 2.75) is 20.3 Å². The Balaban J connectivity index is 2.15. The van der Waals surface area contributed by atoms with Crippen LogP contribution >= 0.6 is 0 Å².